The second-order valence-corrected chi connectivity index (χ2v) is 4.74. The summed E-state index contributed by atoms with van der Waals surface area (Å²) in [6.07, 6.45) is 1.01. The molecule has 1 unspecified atom stereocenters. The molecule has 5 heteroatoms. The molecule has 0 saturated carbocycles. The molecule has 1 aromatic rings. The molecule has 0 spiro atoms. The molecular formula is C14H16O5. The van der Waals surface area contributed by atoms with E-state index in [1.807, 2.05) is 0 Å². The molecule has 1 fully saturated rings. The molecule has 19 heavy (non-hydrogen) atoms. The van der Waals surface area contributed by atoms with Crippen LogP contribution in [0.1, 0.15) is 16.8 Å². The molecule has 2 aliphatic heterocycles. The maximum absolute atomic E-state index is 12.0. The quantitative estimate of drug-likeness (QED) is 0.757. The largest absolute Gasteiger partial charge is 0.454 e. The molecule has 3 rings (SSSR count). The number of carbonyl (C=O) groups is 1. The molecule has 102 valence electrons. The fraction of sp³-hybridized carbons (Fsp3) is 0.500. The van der Waals surface area contributed by atoms with Crippen molar-refractivity contribution in [2.24, 2.45) is 5.92 Å². The first-order valence-electron chi connectivity index (χ1n) is 6.41. The summed E-state index contributed by atoms with van der Waals surface area (Å²) in [5.41, 5.74) is 0.590. The Labute approximate surface area is 111 Å². The van der Waals surface area contributed by atoms with Crippen LogP contribution in [0.4, 0.5) is 0 Å². The fourth-order valence-corrected chi connectivity index (χ4v) is 2.19. The summed E-state index contributed by atoms with van der Waals surface area (Å²) in [5, 5.41) is 0. The molecule has 0 bridgehead atoms. The smallest absolute Gasteiger partial charge is 0.231 e. The van der Waals surface area contributed by atoms with Crippen molar-refractivity contribution < 1.29 is 23.7 Å². The van der Waals surface area contributed by atoms with E-state index in [1.54, 1.807) is 18.2 Å². The standard InChI is InChI=1S/C14H16O5/c15-12(8-17-7-10-3-4-16-6-10)11-1-2-13-14(5-11)19-9-18-13/h1-2,5,10H,3-4,6-9H2. The maximum atomic E-state index is 12.0. The zero-order valence-electron chi connectivity index (χ0n) is 10.6. The number of ether oxygens (including phenoxy) is 4. The number of hydrogen-bond acceptors (Lipinski definition) is 5. The van der Waals surface area contributed by atoms with Gasteiger partial charge in [-0.1, -0.05) is 0 Å². The Bertz CT molecular complexity index is 465. The minimum absolute atomic E-state index is 0.0442. The first-order chi connectivity index (χ1) is 9.33. The van der Waals surface area contributed by atoms with Gasteiger partial charge in [-0.15, -0.1) is 0 Å². The van der Waals surface area contributed by atoms with Crippen molar-refractivity contribution in [2.45, 2.75) is 6.42 Å². The van der Waals surface area contributed by atoms with Gasteiger partial charge in [-0.3, -0.25) is 4.79 Å². The number of rotatable bonds is 5. The Morgan fingerprint density at radius 2 is 2.21 bits per heavy atom. The number of hydrogen-bond donors (Lipinski definition) is 0. The Balaban J connectivity index is 1.52. The molecule has 2 aliphatic rings. The third-order valence-corrected chi connectivity index (χ3v) is 3.31. The number of fused-ring (bicyclic) bond motifs is 1. The van der Waals surface area contributed by atoms with Gasteiger partial charge in [0.2, 0.25) is 6.79 Å². The Morgan fingerprint density at radius 3 is 3.05 bits per heavy atom. The molecule has 1 saturated heterocycles. The van der Waals surface area contributed by atoms with Crippen molar-refractivity contribution in [1.29, 1.82) is 0 Å². The monoisotopic (exact) mass is 264 g/mol. The van der Waals surface area contributed by atoms with Crippen molar-refractivity contribution in [2.75, 3.05) is 33.2 Å². The third kappa shape index (κ3) is 2.88. The van der Waals surface area contributed by atoms with Crippen LogP contribution in [-0.2, 0) is 9.47 Å². The van der Waals surface area contributed by atoms with E-state index in [2.05, 4.69) is 0 Å². The molecule has 2 heterocycles. The van der Waals surface area contributed by atoms with Crippen LogP contribution in [0.5, 0.6) is 11.5 Å². The molecular weight excluding hydrogens is 248 g/mol. The first kappa shape index (κ1) is 12.4. The molecule has 5 nitrogen and oxygen atoms in total. The highest BCUT2D eigenvalue weighted by Crippen LogP contribution is 2.32. The van der Waals surface area contributed by atoms with Crippen LogP contribution in [0, 0.1) is 5.92 Å². The summed E-state index contributed by atoms with van der Waals surface area (Å²) >= 11 is 0. The molecule has 0 aliphatic carbocycles. The molecule has 0 radical (unpaired) electrons. The van der Waals surface area contributed by atoms with Crippen LogP contribution in [0.25, 0.3) is 0 Å². The predicted molar refractivity (Wildman–Crippen MR) is 66.6 cm³/mol. The van der Waals surface area contributed by atoms with Crippen molar-refractivity contribution in [3.05, 3.63) is 23.8 Å². The lowest BCUT2D eigenvalue weighted by Gasteiger charge is -2.08. The Kier molecular flexibility index (Phi) is 3.66. The van der Waals surface area contributed by atoms with Gasteiger partial charge in [-0.05, 0) is 24.6 Å². The van der Waals surface area contributed by atoms with Crippen molar-refractivity contribution in [3.63, 3.8) is 0 Å². The maximum Gasteiger partial charge on any atom is 0.231 e. The third-order valence-electron chi connectivity index (χ3n) is 3.31. The van der Waals surface area contributed by atoms with E-state index < -0.39 is 0 Å². The van der Waals surface area contributed by atoms with Gasteiger partial charge in [0.1, 0.15) is 6.61 Å². The second kappa shape index (κ2) is 5.59. The normalized spacial score (nSPS) is 20.7. The molecule has 0 N–H and O–H groups in total. The van der Waals surface area contributed by atoms with E-state index >= 15 is 0 Å². The summed E-state index contributed by atoms with van der Waals surface area (Å²) in [4.78, 5) is 12.0. The summed E-state index contributed by atoms with van der Waals surface area (Å²) < 4.78 is 21.2. The SMILES string of the molecule is O=C(COCC1CCOC1)c1ccc2c(c1)OCO2. The van der Waals surface area contributed by atoms with Gasteiger partial charge in [0.15, 0.2) is 17.3 Å². The zero-order chi connectivity index (χ0) is 13.1. The highest BCUT2D eigenvalue weighted by Gasteiger charge is 2.18. The van der Waals surface area contributed by atoms with Gasteiger partial charge < -0.3 is 18.9 Å². The van der Waals surface area contributed by atoms with Crippen molar-refractivity contribution >= 4 is 5.78 Å². The highest BCUT2D eigenvalue weighted by molar-refractivity contribution is 5.97. The number of ketones is 1. The predicted octanol–water partition coefficient (Wildman–Crippen LogP) is 1.65. The van der Waals surface area contributed by atoms with Gasteiger partial charge in [-0.25, -0.2) is 0 Å². The molecule has 0 amide bonds. The van der Waals surface area contributed by atoms with Crippen molar-refractivity contribution in [3.8, 4) is 11.5 Å². The lowest BCUT2D eigenvalue weighted by atomic mass is 10.1. The topological polar surface area (TPSA) is 54.0 Å². The van der Waals surface area contributed by atoms with Crippen LogP contribution in [0.15, 0.2) is 18.2 Å². The minimum atomic E-state index is -0.0442. The van der Waals surface area contributed by atoms with Gasteiger partial charge in [0, 0.05) is 18.1 Å². The van der Waals surface area contributed by atoms with Crippen molar-refractivity contribution in [1.82, 2.24) is 0 Å². The Morgan fingerprint density at radius 1 is 1.32 bits per heavy atom. The number of benzene rings is 1. The number of Topliss-reactive ketones (excluding diaryl/α,β-unsaturated/α-hetero) is 1. The van der Waals surface area contributed by atoms with E-state index in [1.165, 1.54) is 0 Å². The number of carbonyl (C=O) groups excluding carboxylic acids is 1. The van der Waals surface area contributed by atoms with E-state index in [9.17, 15) is 4.79 Å². The summed E-state index contributed by atoms with van der Waals surface area (Å²) in [5.74, 6) is 1.68. The van der Waals surface area contributed by atoms with E-state index in [-0.39, 0.29) is 19.2 Å². The Hall–Kier alpha value is -1.59. The van der Waals surface area contributed by atoms with Gasteiger partial charge >= 0.3 is 0 Å². The van der Waals surface area contributed by atoms with Crippen LogP contribution in [0.3, 0.4) is 0 Å². The minimum Gasteiger partial charge on any atom is -0.454 e. The fourth-order valence-electron chi connectivity index (χ4n) is 2.19. The first-order valence-corrected chi connectivity index (χ1v) is 6.41. The lowest BCUT2D eigenvalue weighted by Crippen LogP contribution is -2.15. The highest BCUT2D eigenvalue weighted by atomic mass is 16.7. The average molecular weight is 264 g/mol. The van der Waals surface area contributed by atoms with Crippen LogP contribution < -0.4 is 9.47 Å². The van der Waals surface area contributed by atoms with Crippen LogP contribution >= 0.6 is 0 Å². The summed E-state index contributed by atoms with van der Waals surface area (Å²) in [6, 6.07) is 5.19. The van der Waals surface area contributed by atoms with Crippen LogP contribution in [0.2, 0.25) is 0 Å². The van der Waals surface area contributed by atoms with Gasteiger partial charge in [-0.2, -0.15) is 0 Å². The summed E-state index contributed by atoms with van der Waals surface area (Å²) in [7, 11) is 0. The molecule has 0 aromatic heterocycles. The second-order valence-electron chi connectivity index (χ2n) is 4.74. The molecule has 1 atom stereocenters. The van der Waals surface area contributed by atoms with E-state index in [4.69, 9.17) is 18.9 Å². The molecule has 1 aromatic carbocycles. The van der Waals surface area contributed by atoms with Crippen LogP contribution in [-0.4, -0.2) is 39.0 Å². The summed E-state index contributed by atoms with van der Waals surface area (Å²) in [6.45, 7) is 2.42. The average Bonchev–Trinajstić information content (AvgIpc) is 3.08. The van der Waals surface area contributed by atoms with E-state index in [0.29, 0.717) is 29.6 Å². The van der Waals surface area contributed by atoms with Gasteiger partial charge in [0.25, 0.3) is 0 Å². The van der Waals surface area contributed by atoms with E-state index in [0.717, 1.165) is 19.6 Å². The van der Waals surface area contributed by atoms with Gasteiger partial charge in [0.05, 0.1) is 13.2 Å². The lowest BCUT2D eigenvalue weighted by molar-refractivity contribution is 0.0651. The zero-order valence-corrected chi connectivity index (χ0v) is 10.6.